The summed E-state index contributed by atoms with van der Waals surface area (Å²) in [7, 11) is 0. The molecule has 168 valence electrons. The van der Waals surface area contributed by atoms with Gasteiger partial charge in [0.1, 0.15) is 11.8 Å². The highest BCUT2D eigenvalue weighted by molar-refractivity contribution is 6.01. The molecule has 0 aromatic heterocycles. The van der Waals surface area contributed by atoms with Crippen LogP contribution in [-0.2, 0) is 9.59 Å². The molecule has 2 aliphatic heterocycles. The number of imide groups is 1. The van der Waals surface area contributed by atoms with Crippen molar-refractivity contribution < 1.29 is 24.3 Å². The van der Waals surface area contributed by atoms with Crippen molar-refractivity contribution in [3.05, 3.63) is 54.1 Å². The van der Waals surface area contributed by atoms with Gasteiger partial charge in [-0.05, 0) is 67.1 Å². The van der Waals surface area contributed by atoms with Crippen LogP contribution in [0.2, 0.25) is 0 Å². The lowest BCUT2D eigenvalue weighted by atomic mass is 9.89. The van der Waals surface area contributed by atoms with Crippen molar-refractivity contribution in [1.29, 1.82) is 0 Å². The number of anilines is 2. The van der Waals surface area contributed by atoms with Crippen molar-refractivity contribution in [3.8, 4) is 5.75 Å². The van der Waals surface area contributed by atoms with Gasteiger partial charge in [0, 0.05) is 25.2 Å². The number of benzene rings is 2. The first kappa shape index (κ1) is 21.6. The van der Waals surface area contributed by atoms with E-state index in [0.717, 1.165) is 18.5 Å². The van der Waals surface area contributed by atoms with E-state index in [1.54, 1.807) is 29.2 Å². The number of nitrogens with zero attached hydrogens (tertiary/aromatic N) is 1. The van der Waals surface area contributed by atoms with Gasteiger partial charge < -0.3 is 15.0 Å². The molecule has 0 bridgehead atoms. The number of hydrogen-bond acceptors (Lipinski definition) is 7. The molecule has 3 amide bonds. The largest absolute Gasteiger partial charge is 0.415 e. The summed E-state index contributed by atoms with van der Waals surface area (Å²) >= 11 is 0. The predicted molar refractivity (Wildman–Crippen MR) is 118 cm³/mol. The molecule has 0 saturated carbocycles. The Morgan fingerprint density at radius 2 is 1.62 bits per heavy atom. The van der Waals surface area contributed by atoms with Crippen molar-refractivity contribution in [2.24, 2.45) is 0 Å². The van der Waals surface area contributed by atoms with Crippen LogP contribution in [0.4, 0.5) is 16.2 Å². The first-order valence-electron chi connectivity index (χ1n) is 10.7. The standard InChI is InChI=1S/C23H26N4O5/c28-21-10-9-20(22(29)25-21)24-17-3-1-15(2-4-17)16-11-13-27(14-12-16)23(30)32-19-7-5-18(26-31)6-8-19/h1-8,16,20,24,26,31H,9-14H2,(H,25,28,29). The van der Waals surface area contributed by atoms with Crippen LogP contribution in [-0.4, -0.2) is 47.1 Å². The molecule has 9 heteroatoms. The smallest absolute Gasteiger partial charge is 0.410 e. The van der Waals surface area contributed by atoms with Gasteiger partial charge in [0.05, 0.1) is 5.69 Å². The molecule has 2 aliphatic rings. The zero-order valence-corrected chi connectivity index (χ0v) is 17.5. The van der Waals surface area contributed by atoms with Crippen LogP contribution in [0, 0.1) is 0 Å². The van der Waals surface area contributed by atoms with E-state index in [1.807, 2.05) is 29.7 Å². The van der Waals surface area contributed by atoms with Gasteiger partial charge in [-0.15, -0.1) is 0 Å². The number of carbonyl (C=O) groups is 3. The Morgan fingerprint density at radius 1 is 0.969 bits per heavy atom. The minimum atomic E-state index is -0.399. The molecule has 2 aromatic rings. The topological polar surface area (TPSA) is 120 Å². The van der Waals surface area contributed by atoms with Crippen LogP contribution in [0.5, 0.6) is 5.75 Å². The lowest BCUT2D eigenvalue weighted by molar-refractivity contribution is -0.133. The lowest BCUT2D eigenvalue weighted by Crippen LogP contribution is -2.47. The van der Waals surface area contributed by atoms with Gasteiger partial charge in [0.15, 0.2) is 0 Å². The van der Waals surface area contributed by atoms with E-state index in [0.29, 0.717) is 43.3 Å². The minimum Gasteiger partial charge on any atom is -0.410 e. The maximum atomic E-state index is 12.4. The summed E-state index contributed by atoms with van der Waals surface area (Å²) < 4.78 is 5.41. The van der Waals surface area contributed by atoms with Crippen LogP contribution >= 0.6 is 0 Å². The zero-order chi connectivity index (χ0) is 22.5. The Balaban J connectivity index is 1.26. The second kappa shape index (κ2) is 9.69. The van der Waals surface area contributed by atoms with Crippen LogP contribution < -0.4 is 20.9 Å². The Morgan fingerprint density at radius 3 is 2.25 bits per heavy atom. The van der Waals surface area contributed by atoms with E-state index in [9.17, 15) is 14.4 Å². The summed E-state index contributed by atoms with van der Waals surface area (Å²) in [6.45, 7) is 1.21. The molecule has 2 saturated heterocycles. The second-order valence-corrected chi connectivity index (χ2v) is 8.04. The van der Waals surface area contributed by atoms with E-state index in [1.165, 1.54) is 5.56 Å². The summed E-state index contributed by atoms with van der Waals surface area (Å²) in [4.78, 5) is 37.3. The van der Waals surface area contributed by atoms with E-state index in [-0.39, 0.29) is 17.9 Å². The van der Waals surface area contributed by atoms with Gasteiger partial charge in [0.2, 0.25) is 11.8 Å². The molecular formula is C23H26N4O5. The average Bonchev–Trinajstić information content (AvgIpc) is 2.82. The van der Waals surface area contributed by atoms with E-state index in [4.69, 9.17) is 9.94 Å². The van der Waals surface area contributed by atoms with Gasteiger partial charge in [0.25, 0.3) is 0 Å². The molecule has 0 radical (unpaired) electrons. The molecule has 0 spiro atoms. The first-order valence-corrected chi connectivity index (χ1v) is 10.7. The first-order chi connectivity index (χ1) is 15.5. The molecule has 32 heavy (non-hydrogen) atoms. The third-order valence-electron chi connectivity index (χ3n) is 5.90. The average molecular weight is 438 g/mol. The lowest BCUT2D eigenvalue weighted by Gasteiger charge is -2.31. The molecule has 4 rings (SSSR count). The number of hydrogen-bond donors (Lipinski definition) is 4. The SMILES string of the molecule is O=C1CCC(Nc2ccc(C3CCN(C(=O)Oc4ccc(NO)cc4)CC3)cc2)C(=O)N1. The van der Waals surface area contributed by atoms with E-state index in [2.05, 4.69) is 10.6 Å². The highest BCUT2D eigenvalue weighted by Crippen LogP contribution is 2.29. The molecule has 2 aromatic carbocycles. The van der Waals surface area contributed by atoms with Crippen molar-refractivity contribution in [2.45, 2.75) is 37.6 Å². The molecule has 9 nitrogen and oxygen atoms in total. The fourth-order valence-electron chi connectivity index (χ4n) is 4.04. The molecule has 2 heterocycles. The number of likely N-dealkylation sites (tertiary alicyclic amines) is 1. The van der Waals surface area contributed by atoms with Gasteiger partial charge in [-0.3, -0.25) is 25.6 Å². The Bertz CT molecular complexity index is 969. The minimum absolute atomic E-state index is 0.226. The van der Waals surface area contributed by atoms with Crippen LogP contribution in [0.1, 0.15) is 37.2 Å². The number of nitrogens with one attached hydrogen (secondary N) is 3. The second-order valence-electron chi connectivity index (χ2n) is 8.04. The van der Waals surface area contributed by atoms with Crippen LogP contribution in [0.3, 0.4) is 0 Å². The molecule has 4 N–H and O–H groups in total. The number of ether oxygens (including phenoxy) is 1. The van der Waals surface area contributed by atoms with Crippen molar-refractivity contribution in [2.75, 3.05) is 23.9 Å². The Kier molecular flexibility index (Phi) is 6.55. The summed E-state index contributed by atoms with van der Waals surface area (Å²) in [6.07, 6.45) is 2.12. The van der Waals surface area contributed by atoms with E-state index < -0.39 is 6.04 Å². The molecule has 2 fully saturated rings. The van der Waals surface area contributed by atoms with E-state index >= 15 is 0 Å². The van der Waals surface area contributed by atoms with Crippen LogP contribution in [0.25, 0.3) is 0 Å². The summed E-state index contributed by atoms with van der Waals surface area (Å²) in [6, 6.07) is 14.1. The number of carbonyl (C=O) groups excluding carboxylic acids is 3. The van der Waals surface area contributed by atoms with Crippen molar-refractivity contribution in [3.63, 3.8) is 0 Å². The number of piperidine rings is 2. The van der Waals surface area contributed by atoms with Crippen LogP contribution in [0.15, 0.2) is 48.5 Å². The summed E-state index contributed by atoms with van der Waals surface area (Å²) in [5.74, 6) is 0.259. The monoisotopic (exact) mass is 438 g/mol. The predicted octanol–water partition coefficient (Wildman–Crippen LogP) is 3.08. The van der Waals surface area contributed by atoms with Crippen molar-refractivity contribution in [1.82, 2.24) is 10.2 Å². The summed E-state index contributed by atoms with van der Waals surface area (Å²) in [5.41, 5.74) is 4.58. The highest BCUT2D eigenvalue weighted by atomic mass is 16.6. The molecule has 1 atom stereocenters. The van der Waals surface area contributed by atoms with Crippen molar-refractivity contribution >= 4 is 29.3 Å². The van der Waals surface area contributed by atoms with Gasteiger partial charge in [-0.1, -0.05) is 12.1 Å². The third kappa shape index (κ3) is 5.17. The number of rotatable bonds is 5. The molecule has 1 unspecified atom stereocenters. The van der Waals surface area contributed by atoms with Gasteiger partial charge in [-0.25, -0.2) is 4.79 Å². The fourth-order valence-corrected chi connectivity index (χ4v) is 4.04. The molecular weight excluding hydrogens is 412 g/mol. The number of amides is 3. The zero-order valence-electron chi connectivity index (χ0n) is 17.5. The maximum absolute atomic E-state index is 12.4. The molecule has 0 aliphatic carbocycles. The normalized spacial score (nSPS) is 19.3. The van der Waals surface area contributed by atoms with Gasteiger partial charge in [-0.2, -0.15) is 0 Å². The Hall–Kier alpha value is -3.59. The Labute approximate surface area is 185 Å². The summed E-state index contributed by atoms with van der Waals surface area (Å²) in [5, 5.41) is 14.4. The highest BCUT2D eigenvalue weighted by Gasteiger charge is 2.27. The maximum Gasteiger partial charge on any atom is 0.415 e. The van der Waals surface area contributed by atoms with Gasteiger partial charge >= 0.3 is 6.09 Å². The quantitative estimate of drug-likeness (QED) is 0.418. The third-order valence-corrected chi connectivity index (χ3v) is 5.90. The fraction of sp³-hybridized carbons (Fsp3) is 0.348.